The van der Waals surface area contributed by atoms with Gasteiger partial charge in [0.1, 0.15) is 6.10 Å². The van der Waals surface area contributed by atoms with Crippen LogP contribution in [0, 0.1) is 0 Å². The molecule has 5 heteroatoms. The van der Waals surface area contributed by atoms with Gasteiger partial charge in [-0.1, -0.05) is 18.2 Å². The maximum Gasteiger partial charge on any atom is 0.338 e. The van der Waals surface area contributed by atoms with E-state index in [4.69, 9.17) is 9.84 Å². The van der Waals surface area contributed by atoms with E-state index in [9.17, 15) is 9.59 Å². The van der Waals surface area contributed by atoms with E-state index in [1.807, 2.05) is 0 Å². The van der Waals surface area contributed by atoms with E-state index in [1.54, 1.807) is 30.3 Å². The summed E-state index contributed by atoms with van der Waals surface area (Å²) in [6, 6.07) is 8.58. The van der Waals surface area contributed by atoms with Gasteiger partial charge < -0.3 is 14.6 Å². The molecule has 0 aliphatic rings. The van der Waals surface area contributed by atoms with Gasteiger partial charge in [-0.2, -0.15) is 0 Å². The number of hydrogen-bond acceptors (Lipinski definition) is 5. The molecule has 5 nitrogen and oxygen atoms in total. The first-order valence-electron chi connectivity index (χ1n) is 6.30. The van der Waals surface area contributed by atoms with E-state index in [2.05, 4.69) is 4.74 Å². The number of benzene rings is 1. The molecule has 0 saturated carbocycles. The normalized spacial score (nSPS) is 12.1. The zero-order chi connectivity index (χ0) is 14.8. The van der Waals surface area contributed by atoms with Crippen LogP contribution in [0.25, 0.3) is 0 Å². The molecule has 0 heterocycles. The van der Waals surface area contributed by atoms with Gasteiger partial charge in [-0.25, -0.2) is 9.59 Å². The van der Waals surface area contributed by atoms with Gasteiger partial charge in [0, 0.05) is 12.7 Å². The van der Waals surface area contributed by atoms with Crippen molar-refractivity contribution < 1.29 is 24.2 Å². The average molecular weight is 278 g/mol. The molecular formula is C15H18O5. The summed E-state index contributed by atoms with van der Waals surface area (Å²) in [6.45, 7) is -0.00848. The molecule has 1 aromatic rings. The first kappa shape index (κ1) is 15.9. The molecule has 0 spiro atoms. The van der Waals surface area contributed by atoms with Crippen molar-refractivity contribution in [2.24, 2.45) is 0 Å². The maximum atomic E-state index is 11.9. The minimum absolute atomic E-state index is 0.00848. The summed E-state index contributed by atoms with van der Waals surface area (Å²) in [6.07, 6.45) is 3.00. The Labute approximate surface area is 117 Å². The SMILES string of the molecule is COC(=O)/C=C/[C@@H](CCCO)OC(=O)c1ccccc1. The summed E-state index contributed by atoms with van der Waals surface area (Å²) < 4.78 is 9.77. The van der Waals surface area contributed by atoms with E-state index in [1.165, 1.54) is 19.3 Å². The number of methoxy groups -OCH3 is 1. The van der Waals surface area contributed by atoms with Crippen molar-refractivity contribution in [1.82, 2.24) is 0 Å². The molecule has 108 valence electrons. The predicted octanol–water partition coefficient (Wildman–Crippen LogP) is 1.71. The van der Waals surface area contributed by atoms with Gasteiger partial charge in [-0.3, -0.25) is 0 Å². The molecule has 0 unspecified atom stereocenters. The third kappa shape index (κ3) is 5.67. The van der Waals surface area contributed by atoms with E-state index in [0.717, 1.165) is 0 Å². The Balaban J connectivity index is 2.66. The van der Waals surface area contributed by atoms with E-state index < -0.39 is 18.0 Å². The summed E-state index contributed by atoms with van der Waals surface area (Å²) >= 11 is 0. The molecular weight excluding hydrogens is 260 g/mol. The minimum atomic E-state index is -0.575. The first-order chi connectivity index (χ1) is 9.67. The van der Waals surface area contributed by atoms with Crippen LogP contribution in [0.4, 0.5) is 0 Å². The number of hydrogen-bond donors (Lipinski definition) is 1. The highest BCUT2D eigenvalue weighted by Gasteiger charge is 2.13. The molecule has 0 bridgehead atoms. The molecule has 0 aliphatic heterocycles. The van der Waals surface area contributed by atoms with Gasteiger partial charge in [0.05, 0.1) is 12.7 Å². The highest BCUT2D eigenvalue weighted by molar-refractivity contribution is 5.89. The van der Waals surface area contributed by atoms with Crippen LogP contribution in [0.15, 0.2) is 42.5 Å². The standard InChI is InChI=1S/C15H18O5/c1-19-14(17)10-9-13(8-5-11-16)20-15(18)12-6-3-2-4-7-12/h2-4,6-7,9-10,13,16H,5,8,11H2,1H3/b10-9+/t13-/m1/s1. The van der Waals surface area contributed by atoms with E-state index in [0.29, 0.717) is 18.4 Å². The highest BCUT2D eigenvalue weighted by atomic mass is 16.5. The van der Waals surface area contributed by atoms with Gasteiger partial charge in [0.2, 0.25) is 0 Å². The predicted molar refractivity (Wildman–Crippen MR) is 73.1 cm³/mol. The second kappa shape index (κ2) is 8.87. The van der Waals surface area contributed by atoms with Gasteiger partial charge in [-0.15, -0.1) is 0 Å². The lowest BCUT2D eigenvalue weighted by molar-refractivity contribution is -0.134. The van der Waals surface area contributed by atoms with Crippen LogP contribution in [0.5, 0.6) is 0 Å². The minimum Gasteiger partial charge on any atom is -0.466 e. The van der Waals surface area contributed by atoms with Crippen LogP contribution in [0.1, 0.15) is 23.2 Å². The van der Waals surface area contributed by atoms with Crippen molar-refractivity contribution in [1.29, 1.82) is 0 Å². The van der Waals surface area contributed by atoms with E-state index >= 15 is 0 Å². The summed E-state index contributed by atoms with van der Waals surface area (Å²) in [5.41, 5.74) is 0.438. The summed E-state index contributed by atoms with van der Waals surface area (Å²) in [7, 11) is 1.27. The second-order valence-corrected chi connectivity index (χ2v) is 4.06. The monoisotopic (exact) mass is 278 g/mol. The van der Waals surface area contributed by atoms with Crippen molar-refractivity contribution in [3.05, 3.63) is 48.0 Å². The van der Waals surface area contributed by atoms with Crippen LogP contribution in [0.3, 0.4) is 0 Å². The summed E-state index contributed by atoms with van der Waals surface area (Å²) in [5.74, 6) is -0.988. The van der Waals surface area contributed by atoms with Crippen LogP contribution in [-0.2, 0) is 14.3 Å². The molecule has 0 radical (unpaired) electrons. The molecule has 1 atom stereocenters. The fraction of sp³-hybridized carbons (Fsp3) is 0.333. The fourth-order valence-corrected chi connectivity index (χ4v) is 1.52. The number of esters is 2. The van der Waals surface area contributed by atoms with Crippen molar-refractivity contribution in [3.8, 4) is 0 Å². The Morgan fingerprint density at radius 1 is 1.30 bits per heavy atom. The van der Waals surface area contributed by atoms with Crippen LogP contribution < -0.4 is 0 Å². The maximum absolute atomic E-state index is 11.9. The van der Waals surface area contributed by atoms with Crippen molar-refractivity contribution >= 4 is 11.9 Å². The zero-order valence-corrected chi connectivity index (χ0v) is 11.3. The number of aliphatic hydroxyl groups is 1. The lowest BCUT2D eigenvalue weighted by atomic mass is 10.1. The van der Waals surface area contributed by atoms with Crippen LogP contribution in [-0.4, -0.2) is 36.9 Å². The number of rotatable bonds is 7. The summed E-state index contributed by atoms with van der Waals surface area (Å²) in [5, 5.41) is 8.83. The Kier molecular flexibility index (Phi) is 7.06. The van der Waals surface area contributed by atoms with E-state index in [-0.39, 0.29) is 6.61 Å². The smallest absolute Gasteiger partial charge is 0.338 e. The third-order valence-corrected chi connectivity index (χ3v) is 2.56. The zero-order valence-electron chi connectivity index (χ0n) is 11.3. The number of carbonyl (C=O) groups excluding carboxylic acids is 2. The number of aliphatic hydroxyl groups excluding tert-OH is 1. The molecule has 1 aromatic carbocycles. The molecule has 0 amide bonds. The molecule has 0 fully saturated rings. The van der Waals surface area contributed by atoms with Crippen molar-refractivity contribution in [2.45, 2.75) is 18.9 Å². The average Bonchev–Trinajstić information content (AvgIpc) is 2.50. The van der Waals surface area contributed by atoms with Gasteiger partial charge in [-0.05, 0) is 31.1 Å². The molecule has 1 N–H and O–H groups in total. The van der Waals surface area contributed by atoms with Crippen LogP contribution >= 0.6 is 0 Å². The first-order valence-corrected chi connectivity index (χ1v) is 6.30. The fourth-order valence-electron chi connectivity index (χ4n) is 1.52. The number of carbonyl (C=O) groups is 2. The quantitative estimate of drug-likeness (QED) is 0.607. The Hall–Kier alpha value is -2.14. The largest absolute Gasteiger partial charge is 0.466 e. The molecule has 20 heavy (non-hydrogen) atoms. The molecule has 0 saturated heterocycles. The lowest BCUT2D eigenvalue weighted by Crippen LogP contribution is -2.17. The molecule has 1 rings (SSSR count). The topological polar surface area (TPSA) is 72.8 Å². The molecule has 0 aromatic heterocycles. The lowest BCUT2D eigenvalue weighted by Gasteiger charge is -2.13. The highest BCUT2D eigenvalue weighted by Crippen LogP contribution is 2.09. The summed E-state index contributed by atoms with van der Waals surface area (Å²) in [4.78, 5) is 22.9. The van der Waals surface area contributed by atoms with Crippen LogP contribution in [0.2, 0.25) is 0 Å². The Bertz CT molecular complexity index is 453. The van der Waals surface area contributed by atoms with Gasteiger partial charge >= 0.3 is 11.9 Å². The van der Waals surface area contributed by atoms with Gasteiger partial charge in [0.15, 0.2) is 0 Å². The Morgan fingerprint density at radius 3 is 2.60 bits per heavy atom. The molecule has 0 aliphatic carbocycles. The van der Waals surface area contributed by atoms with Crippen molar-refractivity contribution in [3.63, 3.8) is 0 Å². The second-order valence-electron chi connectivity index (χ2n) is 4.06. The third-order valence-electron chi connectivity index (χ3n) is 2.56. The number of ether oxygens (including phenoxy) is 2. The Morgan fingerprint density at radius 2 is 2.00 bits per heavy atom. The van der Waals surface area contributed by atoms with Gasteiger partial charge in [0.25, 0.3) is 0 Å². The van der Waals surface area contributed by atoms with Crippen molar-refractivity contribution in [2.75, 3.05) is 13.7 Å².